The Kier molecular flexibility index (Phi) is 8.80. The highest BCUT2D eigenvalue weighted by Crippen LogP contribution is 2.47. The van der Waals surface area contributed by atoms with Crippen LogP contribution >= 0.6 is 0 Å². The molecule has 0 aromatic carbocycles. The van der Waals surface area contributed by atoms with Gasteiger partial charge in [-0.3, -0.25) is 0 Å². The maximum atomic E-state index is 5.55. The fourth-order valence-electron chi connectivity index (χ4n) is 3.21. The molecule has 0 aromatic rings. The predicted molar refractivity (Wildman–Crippen MR) is 100 cm³/mol. The zero-order chi connectivity index (χ0) is 17.4. The minimum Gasteiger partial charge on any atom is -0.496 e. The van der Waals surface area contributed by atoms with Crippen molar-refractivity contribution in [2.75, 3.05) is 0 Å². The Balaban J connectivity index is 4.19. The third-order valence-electron chi connectivity index (χ3n) is 5.87. The molecule has 0 bridgehead atoms. The predicted octanol–water partition coefficient (Wildman–Crippen LogP) is 7.36. The maximum Gasteiger partial charge on any atom is 0.103 e. The molecular weight excluding hydrogens is 268 g/mol. The second kappa shape index (κ2) is 8.99. The average Bonchev–Trinajstić information content (AvgIpc) is 2.37. The number of ether oxygens (including phenoxy) is 1. The molecule has 1 unspecified atom stereocenters. The van der Waals surface area contributed by atoms with E-state index in [-0.39, 0.29) is 5.60 Å². The first-order valence-corrected chi connectivity index (χ1v) is 9.26. The van der Waals surface area contributed by atoms with Gasteiger partial charge in [-0.25, -0.2) is 0 Å². The molecule has 22 heavy (non-hydrogen) atoms. The van der Waals surface area contributed by atoms with Gasteiger partial charge < -0.3 is 4.74 Å². The Bertz CT molecular complexity index is 312. The van der Waals surface area contributed by atoms with E-state index < -0.39 is 0 Å². The third kappa shape index (κ3) is 7.70. The van der Waals surface area contributed by atoms with Crippen molar-refractivity contribution >= 4 is 0 Å². The molecule has 0 aromatic heterocycles. The second-order valence-corrected chi connectivity index (χ2v) is 9.09. The molecule has 1 nitrogen and oxygen atoms in total. The molecule has 0 radical (unpaired) electrons. The minimum atomic E-state index is -0.0624. The fraction of sp³-hybridized carbons (Fsp3) is 0.905. The number of hydrogen-bond acceptors (Lipinski definition) is 1. The zero-order valence-electron chi connectivity index (χ0n) is 16.7. The molecule has 0 fully saturated rings. The van der Waals surface area contributed by atoms with Crippen LogP contribution in [0.5, 0.6) is 0 Å². The highest BCUT2D eigenvalue weighted by atomic mass is 16.5. The second-order valence-electron chi connectivity index (χ2n) is 9.09. The lowest BCUT2D eigenvalue weighted by Crippen LogP contribution is -2.34. The van der Waals surface area contributed by atoms with E-state index in [4.69, 9.17) is 4.74 Å². The van der Waals surface area contributed by atoms with Gasteiger partial charge in [-0.05, 0) is 56.3 Å². The number of unbranched alkanes of at least 4 members (excludes halogenated alkanes) is 2. The Labute approximate surface area is 140 Å². The summed E-state index contributed by atoms with van der Waals surface area (Å²) in [5, 5.41) is 0. The summed E-state index contributed by atoms with van der Waals surface area (Å²) in [6, 6.07) is 0. The van der Waals surface area contributed by atoms with Gasteiger partial charge in [0.05, 0.1) is 6.26 Å². The lowest BCUT2D eigenvalue weighted by molar-refractivity contribution is 0.0453. The highest BCUT2D eigenvalue weighted by Gasteiger charge is 2.36. The van der Waals surface area contributed by atoms with Gasteiger partial charge in [0.2, 0.25) is 0 Å². The standard InChI is InChI=1S/C21H42O/c1-10-18(3)17-20(6,7)19(4,5)15-13-12-14-16-21(8,9)22-11-2/h11,18H,2,10,12-17H2,1,3-9H3. The lowest BCUT2D eigenvalue weighted by atomic mass is 9.62. The van der Waals surface area contributed by atoms with Gasteiger partial charge in [0.15, 0.2) is 0 Å². The SMILES string of the molecule is C=COC(C)(C)CCCCCC(C)(C)C(C)(C)CC(C)CC. The number of hydrogen-bond donors (Lipinski definition) is 0. The van der Waals surface area contributed by atoms with Crippen LogP contribution in [0.4, 0.5) is 0 Å². The van der Waals surface area contributed by atoms with Crippen LogP contribution in [0.25, 0.3) is 0 Å². The number of rotatable bonds is 12. The van der Waals surface area contributed by atoms with Gasteiger partial charge in [-0.1, -0.05) is 67.4 Å². The summed E-state index contributed by atoms with van der Waals surface area (Å²) in [5.74, 6) is 0.825. The van der Waals surface area contributed by atoms with Crippen LogP contribution in [0.3, 0.4) is 0 Å². The summed E-state index contributed by atoms with van der Waals surface area (Å²) < 4.78 is 5.55. The summed E-state index contributed by atoms with van der Waals surface area (Å²) in [6.07, 6.45) is 10.5. The first-order valence-electron chi connectivity index (χ1n) is 9.26. The molecule has 0 saturated heterocycles. The minimum absolute atomic E-state index is 0.0624. The molecular formula is C21H42O. The molecule has 0 rings (SSSR count). The van der Waals surface area contributed by atoms with Crippen molar-refractivity contribution in [2.24, 2.45) is 16.7 Å². The molecule has 1 heteroatoms. The zero-order valence-corrected chi connectivity index (χ0v) is 16.7. The molecule has 0 spiro atoms. The van der Waals surface area contributed by atoms with E-state index in [0.717, 1.165) is 12.3 Å². The van der Waals surface area contributed by atoms with E-state index in [9.17, 15) is 0 Å². The average molecular weight is 311 g/mol. The first-order chi connectivity index (χ1) is 9.97. The van der Waals surface area contributed by atoms with E-state index >= 15 is 0 Å². The van der Waals surface area contributed by atoms with E-state index in [0.29, 0.717) is 10.8 Å². The van der Waals surface area contributed by atoms with Gasteiger partial charge in [0.25, 0.3) is 0 Å². The topological polar surface area (TPSA) is 9.23 Å². The Hall–Kier alpha value is -0.460. The molecule has 0 aliphatic carbocycles. The normalized spacial score (nSPS) is 14.7. The van der Waals surface area contributed by atoms with Crippen LogP contribution in [0, 0.1) is 16.7 Å². The van der Waals surface area contributed by atoms with Crippen molar-refractivity contribution in [3.63, 3.8) is 0 Å². The Morgan fingerprint density at radius 3 is 1.95 bits per heavy atom. The summed E-state index contributed by atoms with van der Waals surface area (Å²) in [5.41, 5.74) is 0.754. The molecule has 0 aliphatic rings. The van der Waals surface area contributed by atoms with Crippen molar-refractivity contribution < 1.29 is 4.74 Å². The lowest BCUT2D eigenvalue weighted by Gasteiger charge is -2.43. The molecule has 0 aliphatic heterocycles. The van der Waals surface area contributed by atoms with Crippen LogP contribution in [0.15, 0.2) is 12.8 Å². The van der Waals surface area contributed by atoms with Gasteiger partial charge in [0.1, 0.15) is 5.60 Å². The van der Waals surface area contributed by atoms with Gasteiger partial charge in [-0.2, -0.15) is 0 Å². The molecule has 0 N–H and O–H groups in total. The van der Waals surface area contributed by atoms with Crippen LogP contribution in [0.1, 0.15) is 100 Å². The van der Waals surface area contributed by atoms with Gasteiger partial charge in [0, 0.05) is 0 Å². The summed E-state index contributed by atoms with van der Waals surface area (Å²) in [6.45, 7) is 22.5. The summed E-state index contributed by atoms with van der Waals surface area (Å²) >= 11 is 0. The molecule has 0 amide bonds. The first kappa shape index (κ1) is 21.5. The van der Waals surface area contributed by atoms with Gasteiger partial charge in [-0.15, -0.1) is 0 Å². The van der Waals surface area contributed by atoms with Crippen molar-refractivity contribution in [3.8, 4) is 0 Å². The molecule has 0 saturated carbocycles. The Morgan fingerprint density at radius 2 is 1.45 bits per heavy atom. The van der Waals surface area contributed by atoms with Crippen LogP contribution in [-0.4, -0.2) is 5.60 Å². The van der Waals surface area contributed by atoms with E-state index in [1.54, 1.807) is 6.26 Å². The van der Waals surface area contributed by atoms with Crippen LogP contribution in [0.2, 0.25) is 0 Å². The molecule has 0 heterocycles. The Morgan fingerprint density at radius 1 is 0.909 bits per heavy atom. The highest BCUT2D eigenvalue weighted by molar-refractivity contribution is 4.87. The molecule has 1 atom stereocenters. The monoisotopic (exact) mass is 310 g/mol. The van der Waals surface area contributed by atoms with Crippen LogP contribution in [-0.2, 0) is 4.74 Å². The maximum absolute atomic E-state index is 5.55. The fourth-order valence-corrected chi connectivity index (χ4v) is 3.21. The van der Waals surface area contributed by atoms with Crippen molar-refractivity contribution in [1.82, 2.24) is 0 Å². The van der Waals surface area contributed by atoms with E-state index in [1.807, 2.05) is 0 Å². The van der Waals surface area contributed by atoms with E-state index in [1.165, 1.54) is 38.5 Å². The molecule has 132 valence electrons. The van der Waals surface area contributed by atoms with Crippen molar-refractivity contribution in [1.29, 1.82) is 0 Å². The largest absolute Gasteiger partial charge is 0.496 e. The summed E-state index contributed by atoms with van der Waals surface area (Å²) in [4.78, 5) is 0. The van der Waals surface area contributed by atoms with Crippen LogP contribution < -0.4 is 0 Å². The van der Waals surface area contributed by atoms with Crippen molar-refractivity contribution in [2.45, 2.75) is 106 Å². The van der Waals surface area contributed by atoms with E-state index in [2.05, 4.69) is 62.0 Å². The van der Waals surface area contributed by atoms with Gasteiger partial charge >= 0.3 is 0 Å². The smallest absolute Gasteiger partial charge is 0.103 e. The van der Waals surface area contributed by atoms with Crippen molar-refractivity contribution in [3.05, 3.63) is 12.8 Å². The quantitative estimate of drug-likeness (QED) is 0.270. The summed E-state index contributed by atoms with van der Waals surface area (Å²) in [7, 11) is 0. The third-order valence-corrected chi connectivity index (χ3v) is 5.87.